The van der Waals surface area contributed by atoms with Crippen LogP contribution < -0.4 is 5.32 Å². The zero-order chi connectivity index (χ0) is 15.5. The monoisotopic (exact) mass is 351 g/mol. The Balaban J connectivity index is 2.33. The number of benzene rings is 2. The highest BCUT2D eigenvalue weighted by atomic mass is 79.9. The molecule has 5 heteroatoms. The first-order valence-corrected chi connectivity index (χ1v) is 7.20. The van der Waals surface area contributed by atoms with Gasteiger partial charge in [0.15, 0.2) is 0 Å². The molecule has 0 spiro atoms. The highest BCUT2D eigenvalue weighted by molar-refractivity contribution is 9.10. The molecule has 110 valence electrons. The quantitative estimate of drug-likeness (QED) is 0.888. The molecular weight excluding hydrogens is 337 g/mol. The Morgan fingerprint density at radius 2 is 1.90 bits per heavy atom. The van der Waals surface area contributed by atoms with Gasteiger partial charge in [0.2, 0.25) is 0 Å². The number of rotatable bonds is 4. The minimum absolute atomic E-state index is 0.0758. The van der Waals surface area contributed by atoms with Gasteiger partial charge in [0.05, 0.1) is 17.7 Å². The standard InChI is InChI=1S/C16H15BrFNO2/c1-16(10-20,11-6-3-2-4-7-11)19-15(21)14-12(17)8-5-9-13(14)18/h2-9,20H,10H2,1H3,(H,19,21). The van der Waals surface area contributed by atoms with Crippen LogP contribution in [0.3, 0.4) is 0 Å². The highest BCUT2D eigenvalue weighted by Gasteiger charge is 2.29. The molecule has 0 fully saturated rings. The summed E-state index contributed by atoms with van der Waals surface area (Å²) in [7, 11) is 0. The van der Waals surface area contributed by atoms with Crippen LogP contribution in [0.4, 0.5) is 4.39 Å². The summed E-state index contributed by atoms with van der Waals surface area (Å²) in [6, 6.07) is 13.4. The lowest BCUT2D eigenvalue weighted by molar-refractivity contribution is 0.0844. The predicted molar refractivity (Wildman–Crippen MR) is 82.4 cm³/mol. The number of aliphatic hydroxyl groups is 1. The van der Waals surface area contributed by atoms with E-state index in [9.17, 15) is 14.3 Å². The van der Waals surface area contributed by atoms with E-state index in [1.54, 1.807) is 25.1 Å². The van der Waals surface area contributed by atoms with E-state index in [2.05, 4.69) is 21.2 Å². The van der Waals surface area contributed by atoms with Gasteiger partial charge in [-0.2, -0.15) is 0 Å². The summed E-state index contributed by atoms with van der Waals surface area (Å²) >= 11 is 3.17. The van der Waals surface area contributed by atoms with E-state index in [0.717, 1.165) is 5.56 Å². The first-order valence-electron chi connectivity index (χ1n) is 6.41. The highest BCUT2D eigenvalue weighted by Crippen LogP contribution is 2.24. The molecule has 1 atom stereocenters. The van der Waals surface area contributed by atoms with Crippen LogP contribution in [-0.4, -0.2) is 17.6 Å². The minimum atomic E-state index is -0.986. The first-order chi connectivity index (χ1) is 9.98. The zero-order valence-corrected chi connectivity index (χ0v) is 13.0. The summed E-state index contributed by atoms with van der Waals surface area (Å²) in [4.78, 5) is 12.3. The maximum atomic E-state index is 13.8. The van der Waals surface area contributed by atoms with Crippen LogP contribution in [0.5, 0.6) is 0 Å². The number of carbonyl (C=O) groups excluding carboxylic acids is 1. The lowest BCUT2D eigenvalue weighted by Gasteiger charge is -2.29. The van der Waals surface area contributed by atoms with Crippen LogP contribution in [0.1, 0.15) is 22.8 Å². The largest absolute Gasteiger partial charge is 0.394 e. The van der Waals surface area contributed by atoms with Crippen molar-refractivity contribution in [1.29, 1.82) is 0 Å². The van der Waals surface area contributed by atoms with Crippen LogP contribution in [-0.2, 0) is 5.54 Å². The molecule has 0 saturated heterocycles. The third-order valence-electron chi connectivity index (χ3n) is 3.31. The van der Waals surface area contributed by atoms with Crippen molar-refractivity contribution in [1.82, 2.24) is 5.32 Å². The Morgan fingerprint density at radius 1 is 1.24 bits per heavy atom. The number of nitrogens with one attached hydrogen (secondary N) is 1. The Morgan fingerprint density at radius 3 is 2.48 bits per heavy atom. The Kier molecular flexibility index (Phi) is 4.75. The molecule has 2 N–H and O–H groups in total. The van der Waals surface area contributed by atoms with Crippen LogP contribution in [0.15, 0.2) is 53.0 Å². The van der Waals surface area contributed by atoms with Crippen molar-refractivity contribution in [3.8, 4) is 0 Å². The molecule has 2 aromatic carbocycles. The molecule has 1 amide bonds. The molecule has 0 heterocycles. The van der Waals surface area contributed by atoms with Gasteiger partial charge in [0.25, 0.3) is 5.91 Å². The lowest BCUT2D eigenvalue weighted by atomic mass is 9.92. The molecule has 2 rings (SSSR count). The maximum Gasteiger partial charge on any atom is 0.256 e. The average molecular weight is 352 g/mol. The molecule has 21 heavy (non-hydrogen) atoms. The second-order valence-corrected chi connectivity index (χ2v) is 5.76. The number of hydrogen-bond donors (Lipinski definition) is 2. The smallest absolute Gasteiger partial charge is 0.256 e. The van der Waals surface area contributed by atoms with Gasteiger partial charge < -0.3 is 10.4 Å². The molecule has 0 saturated carbocycles. The molecule has 0 aliphatic rings. The third kappa shape index (κ3) is 3.31. The SMILES string of the molecule is CC(CO)(NC(=O)c1c(F)cccc1Br)c1ccccc1. The van der Waals surface area contributed by atoms with Crippen LogP contribution in [0.25, 0.3) is 0 Å². The number of amides is 1. The summed E-state index contributed by atoms with van der Waals surface area (Å²) in [6.07, 6.45) is 0. The number of hydrogen-bond acceptors (Lipinski definition) is 2. The number of carbonyl (C=O) groups is 1. The van der Waals surface area contributed by atoms with Crippen molar-refractivity contribution >= 4 is 21.8 Å². The van der Waals surface area contributed by atoms with Gasteiger partial charge in [-0.05, 0) is 40.5 Å². The zero-order valence-electron chi connectivity index (χ0n) is 11.4. The van der Waals surface area contributed by atoms with Crippen molar-refractivity contribution in [3.63, 3.8) is 0 Å². The second-order valence-electron chi connectivity index (χ2n) is 4.91. The molecular formula is C16H15BrFNO2. The molecule has 0 radical (unpaired) electrons. The summed E-state index contributed by atoms with van der Waals surface area (Å²) in [5, 5.41) is 12.4. The van der Waals surface area contributed by atoms with E-state index >= 15 is 0 Å². The summed E-state index contributed by atoms with van der Waals surface area (Å²) in [5.74, 6) is -1.20. The van der Waals surface area contributed by atoms with E-state index in [1.165, 1.54) is 12.1 Å². The van der Waals surface area contributed by atoms with Gasteiger partial charge in [-0.25, -0.2) is 4.39 Å². The summed E-state index contributed by atoms with van der Waals surface area (Å²) in [6.45, 7) is 1.39. The first kappa shape index (κ1) is 15.7. The molecule has 3 nitrogen and oxygen atoms in total. The van der Waals surface area contributed by atoms with Crippen molar-refractivity contribution < 1.29 is 14.3 Å². The van der Waals surface area contributed by atoms with Gasteiger partial charge in [-0.15, -0.1) is 0 Å². The minimum Gasteiger partial charge on any atom is -0.394 e. The van der Waals surface area contributed by atoms with Gasteiger partial charge >= 0.3 is 0 Å². The molecule has 0 aliphatic carbocycles. The topological polar surface area (TPSA) is 49.3 Å². The molecule has 0 aromatic heterocycles. The average Bonchev–Trinajstić information content (AvgIpc) is 2.48. The van der Waals surface area contributed by atoms with Gasteiger partial charge in [-0.3, -0.25) is 4.79 Å². The van der Waals surface area contributed by atoms with Crippen molar-refractivity contribution in [3.05, 3.63) is 69.9 Å². The van der Waals surface area contributed by atoms with Crippen molar-refractivity contribution in [2.75, 3.05) is 6.61 Å². The van der Waals surface area contributed by atoms with Gasteiger partial charge in [-0.1, -0.05) is 36.4 Å². The van der Waals surface area contributed by atoms with E-state index in [0.29, 0.717) is 4.47 Å². The van der Waals surface area contributed by atoms with Crippen LogP contribution in [0.2, 0.25) is 0 Å². The molecule has 1 unspecified atom stereocenters. The van der Waals surface area contributed by atoms with Crippen molar-refractivity contribution in [2.45, 2.75) is 12.5 Å². The fourth-order valence-corrected chi connectivity index (χ4v) is 2.56. The fourth-order valence-electron chi connectivity index (χ4n) is 2.04. The van der Waals surface area contributed by atoms with E-state index < -0.39 is 17.3 Å². The molecule has 2 aromatic rings. The third-order valence-corrected chi connectivity index (χ3v) is 3.97. The van der Waals surface area contributed by atoms with Crippen LogP contribution >= 0.6 is 15.9 Å². The van der Waals surface area contributed by atoms with E-state index in [-0.39, 0.29) is 12.2 Å². The Labute approximate surface area is 130 Å². The Hall–Kier alpha value is -1.72. The van der Waals surface area contributed by atoms with E-state index in [4.69, 9.17) is 0 Å². The van der Waals surface area contributed by atoms with Gasteiger partial charge in [0, 0.05) is 4.47 Å². The number of halogens is 2. The lowest BCUT2D eigenvalue weighted by Crippen LogP contribution is -2.46. The molecule has 0 aliphatic heterocycles. The van der Waals surface area contributed by atoms with E-state index in [1.807, 2.05) is 18.2 Å². The maximum absolute atomic E-state index is 13.8. The van der Waals surface area contributed by atoms with Crippen LogP contribution in [0, 0.1) is 5.82 Å². The Bertz CT molecular complexity index is 628. The summed E-state index contributed by atoms with van der Waals surface area (Å²) in [5.41, 5.74) is -0.318. The summed E-state index contributed by atoms with van der Waals surface area (Å²) < 4.78 is 14.2. The fraction of sp³-hybridized carbons (Fsp3) is 0.188. The van der Waals surface area contributed by atoms with Gasteiger partial charge in [0.1, 0.15) is 5.82 Å². The predicted octanol–water partition coefficient (Wildman–Crippen LogP) is 3.23. The van der Waals surface area contributed by atoms with Crippen molar-refractivity contribution in [2.24, 2.45) is 0 Å². The number of aliphatic hydroxyl groups excluding tert-OH is 1. The molecule has 0 bridgehead atoms. The second kappa shape index (κ2) is 6.37. The normalized spacial score (nSPS) is 13.5.